The van der Waals surface area contributed by atoms with Gasteiger partial charge in [-0.3, -0.25) is 4.79 Å². The van der Waals surface area contributed by atoms with Crippen molar-refractivity contribution < 1.29 is 13.9 Å². The van der Waals surface area contributed by atoms with Crippen molar-refractivity contribution in [3.8, 4) is 5.75 Å². The Hall–Kier alpha value is -1.88. The third-order valence-electron chi connectivity index (χ3n) is 2.44. The Bertz CT molecular complexity index is 551. The van der Waals surface area contributed by atoms with Crippen molar-refractivity contribution in [1.29, 1.82) is 0 Å². The van der Waals surface area contributed by atoms with Gasteiger partial charge in [0.05, 0.1) is 6.54 Å². The molecule has 0 atom stereocenters. The molecule has 1 N–H and O–H groups in total. The minimum atomic E-state index is -0.329. The van der Waals surface area contributed by atoms with E-state index in [0.717, 1.165) is 4.88 Å². The quantitative estimate of drug-likeness (QED) is 0.914. The summed E-state index contributed by atoms with van der Waals surface area (Å²) in [4.78, 5) is 13.9. The summed E-state index contributed by atoms with van der Waals surface area (Å²) in [6.07, 6.45) is 0. The van der Waals surface area contributed by atoms with Crippen LogP contribution in [0.1, 0.15) is 9.75 Å². The van der Waals surface area contributed by atoms with Crippen LogP contribution in [0.15, 0.2) is 36.4 Å². The van der Waals surface area contributed by atoms with Crippen LogP contribution in [0.5, 0.6) is 5.75 Å². The summed E-state index contributed by atoms with van der Waals surface area (Å²) < 4.78 is 17.9. The van der Waals surface area contributed by atoms with Crippen LogP contribution < -0.4 is 10.1 Å². The molecule has 0 unspecified atom stereocenters. The zero-order valence-electron chi connectivity index (χ0n) is 10.5. The SMILES string of the molecule is Cc1ccc(CNC(=O)COc2ccc(F)cc2)s1. The Kier molecular flexibility index (Phi) is 4.52. The maximum atomic E-state index is 12.7. The highest BCUT2D eigenvalue weighted by molar-refractivity contribution is 7.11. The van der Waals surface area contributed by atoms with Gasteiger partial charge in [0.1, 0.15) is 11.6 Å². The number of benzene rings is 1. The Morgan fingerprint density at radius 3 is 2.63 bits per heavy atom. The Balaban J connectivity index is 1.74. The predicted octanol–water partition coefficient (Wildman–Crippen LogP) is 2.89. The lowest BCUT2D eigenvalue weighted by Crippen LogP contribution is -2.28. The van der Waals surface area contributed by atoms with E-state index in [1.54, 1.807) is 11.3 Å². The molecule has 1 amide bonds. The van der Waals surface area contributed by atoms with Gasteiger partial charge in [0.15, 0.2) is 6.61 Å². The van der Waals surface area contributed by atoms with Gasteiger partial charge in [-0.25, -0.2) is 4.39 Å². The van der Waals surface area contributed by atoms with Crippen LogP contribution >= 0.6 is 11.3 Å². The lowest BCUT2D eigenvalue weighted by atomic mass is 10.3. The molecular formula is C14H14FNO2S. The molecule has 0 fully saturated rings. The standard InChI is InChI=1S/C14H14FNO2S/c1-10-2-7-13(19-10)8-16-14(17)9-18-12-5-3-11(15)4-6-12/h2-7H,8-9H2,1H3,(H,16,17). The predicted molar refractivity (Wildman–Crippen MR) is 72.8 cm³/mol. The number of carbonyl (C=O) groups excluding carboxylic acids is 1. The first kappa shape index (κ1) is 13.5. The molecule has 1 aromatic heterocycles. The fraction of sp³-hybridized carbons (Fsp3) is 0.214. The summed E-state index contributed by atoms with van der Waals surface area (Å²) in [5, 5.41) is 2.77. The first-order chi connectivity index (χ1) is 9.13. The second-order valence-corrected chi connectivity index (χ2v) is 5.40. The lowest BCUT2D eigenvalue weighted by Gasteiger charge is -2.06. The number of ether oxygens (including phenoxy) is 1. The first-order valence-corrected chi connectivity index (χ1v) is 6.65. The molecule has 0 spiro atoms. The number of rotatable bonds is 5. The van der Waals surface area contributed by atoms with Gasteiger partial charge >= 0.3 is 0 Å². The molecule has 3 nitrogen and oxygen atoms in total. The molecule has 0 saturated carbocycles. The van der Waals surface area contributed by atoms with E-state index in [4.69, 9.17) is 4.74 Å². The molecule has 5 heteroatoms. The van der Waals surface area contributed by atoms with Crippen molar-refractivity contribution >= 4 is 17.2 Å². The number of amides is 1. The third kappa shape index (κ3) is 4.37. The van der Waals surface area contributed by atoms with E-state index in [1.807, 2.05) is 19.1 Å². The molecule has 0 saturated heterocycles. The van der Waals surface area contributed by atoms with Crippen molar-refractivity contribution in [2.45, 2.75) is 13.5 Å². The molecule has 0 bridgehead atoms. The van der Waals surface area contributed by atoms with E-state index in [-0.39, 0.29) is 18.3 Å². The number of hydrogen-bond acceptors (Lipinski definition) is 3. The van der Waals surface area contributed by atoms with E-state index < -0.39 is 0 Å². The van der Waals surface area contributed by atoms with Crippen LogP contribution in [0.25, 0.3) is 0 Å². The number of carbonyl (C=O) groups is 1. The van der Waals surface area contributed by atoms with Gasteiger partial charge < -0.3 is 10.1 Å². The molecular weight excluding hydrogens is 265 g/mol. The minimum Gasteiger partial charge on any atom is -0.484 e. The second kappa shape index (κ2) is 6.33. The Labute approximate surface area is 115 Å². The minimum absolute atomic E-state index is 0.0734. The fourth-order valence-electron chi connectivity index (χ4n) is 1.50. The molecule has 2 aromatic rings. The number of hydrogen-bond donors (Lipinski definition) is 1. The van der Waals surface area contributed by atoms with E-state index >= 15 is 0 Å². The Morgan fingerprint density at radius 1 is 1.26 bits per heavy atom. The zero-order valence-corrected chi connectivity index (χ0v) is 11.3. The summed E-state index contributed by atoms with van der Waals surface area (Å²) in [6, 6.07) is 9.57. The van der Waals surface area contributed by atoms with Crippen molar-refractivity contribution in [2.75, 3.05) is 6.61 Å². The van der Waals surface area contributed by atoms with Gasteiger partial charge in [-0.05, 0) is 43.3 Å². The Morgan fingerprint density at radius 2 is 2.00 bits per heavy atom. The largest absolute Gasteiger partial charge is 0.484 e. The molecule has 2 rings (SSSR count). The van der Waals surface area contributed by atoms with Crippen molar-refractivity contribution in [1.82, 2.24) is 5.32 Å². The van der Waals surface area contributed by atoms with Crippen molar-refractivity contribution in [3.05, 3.63) is 52.0 Å². The van der Waals surface area contributed by atoms with Gasteiger partial charge in [0.25, 0.3) is 5.91 Å². The number of halogens is 1. The second-order valence-electron chi connectivity index (χ2n) is 4.03. The highest BCUT2D eigenvalue weighted by atomic mass is 32.1. The summed E-state index contributed by atoms with van der Waals surface area (Å²) in [6.45, 7) is 2.45. The van der Waals surface area contributed by atoms with E-state index in [9.17, 15) is 9.18 Å². The van der Waals surface area contributed by atoms with Gasteiger partial charge in [-0.1, -0.05) is 0 Å². The summed E-state index contributed by atoms with van der Waals surface area (Å²) >= 11 is 1.65. The van der Waals surface area contributed by atoms with E-state index in [2.05, 4.69) is 5.32 Å². The number of nitrogens with one attached hydrogen (secondary N) is 1. The van der Waals surface area contributed by atoms with Crippen LogP contribution in [-0.4, -0.2) is 12.5 Å². The topological polar surface area (TPSA) is 38.3 Å². The number of thiophene rings is 1. The van der Waals surface area contributed by atoms with Crippen LogP contribution in [0.2, 0.25) is 0 Å². The first-order valence-electron chi connectivity index (χ1n) is 5.84. The van der Waals surface area contributed by atoms with Gasteiger partial charge in [0.2, 0.25) is 0 Å². The van der Waals surface area contributed by atoms with E-state index in [0.29, 0.717) is 12.3 Å². The molecule has 1 aromatic carbocycles. The molecule has 1 heterocycles. The molecule has 100 valence electrons. The van der Waals surface area contributed by atoms with Gasteiger partial charge in [-0.2, -0.15) is 0 Å². The fourth-order valence-corrected chi connectivity index (χ4v) is 2.33. The van der Waals surface area contributed by atoms with Crippen LogP contribution in [0.3, 0.4) is 0 Å². The van der Waals surface area contributed by atoms with Gasteiger partial charge in [-0.15, -0.1) is 11.3 Å². The number of aryl methyl sites for hydroxylation is 1. The highest BCUT2D eigenvalue weighted by Crippen LogP contribution is 2.14. The molecule has 19 heavy (non-hydrogen) atoms. The van der Waals surface area contributed by atoms with Crippen molar-refractivity contribution in [2.24, 2.45) is 0 Å². The maximum Gasteiger partial charge on any atom is 0.258 e. The normalized spacial score (nSPS) is 10.2. The average molecular weight is 279 g/mol. The van der Waals surface area contributed by atoms with E-state index in [1.165, 1.54) is 29.1 Å². The average Bonchev–Trinajstić information content (AvgIpc) is 2.81. The van der Waals surface area contributed by atoms with Gasteiger partial charge in [0, 0.05) is 9.75 Å². The van der Waals surface area contributed by atoms with Crippen LogP contribution in [0, 0.1) is 12.7 Å². The van der Waals surface area contributed by atoms with Crippen molar-refractivity contribution in [3.63, 3.8) is 0 Å². The summed E-state index contributed by atoms with van der Waals surface area (Å²) in [7, 11) is 0. The zero-order chi connectivity index (χ0) is 13.7. The van der Waals surface area contributed by atoms with Crippen LogP contribution in [-0.2, 0) is 11.3 Å². The summed E-state index contributed by atoms with van der Waals surface area (Å²) in [5.74, 6) is -0.0521. The third-order valence-corrected chi connectivity index (χ3v) is 3.44. The maximum absolute atomic E-state index is 12.7. The smallest absolute Gasteiger partial charge is 0.258 e. The summed E-state index contributed by atoms with van der Waals surface area (Å²) in [5.41, 5.74) is 0. The monoisotopic (exact) mass is 279 g/mol. The molecule has 0 aliphatic heterocycles. The van der Waals surface area contributed by atoms with Crippen LogP contribution in [0.4, 0.5) is 4.39 Å². The molecule has 0 aliphatic rings. The lowest BCUT2D eigenvalue weighted by molar-refractivity contribution is -0.123. The molecule has 0 aliphatic carbocycles. The highest BCUT2D eigenvalue weighted by Gasteiger charge is 2.04. The molecule has 0 radical (unpaired) electrons.